The van der Waals surface area contributed by atoms with E-state index in [0.29, 0.717) is 25.4 Å². The summed E-state index contributed by atoms with van der Waals surface area (Å²) in [5.74, 6) is 1.34. The summed E-state index contributed by atoms with van der Waals surface area (Å²) in [6.45, 7) is 4.98. The van der Waals surface area contributed by atoms with Gasteiger partial charge in [-0.25, -0.2) is 5.43 Å². The lowest BCUT2D eigenvalue weighted by Gasteiger charge is -2.19. The van der Waals surface area contributed by atoms with Crippen LogP contribution in [0.1, 0.15) is 25.8 Å². The number of benzene rings is 2. The van der Waals surface area contributed by atoms with E-state index in [-0.39, 0.29) is 11.2 Å². The van der Waals surface area contributed by atoms with Crippen molar-refractivity contribution in [2.75, 3.05) is 13.2 Å². The van der Waals surface area contributed by atoms with Crippen molar-refractivity contribution in [1.82, 2.24) is 5.43 Å². The van der Waals surface area contributed by atoms with Crippen LogP contribution in [0.25, 0.3) is 0 Å². The highest BCUT2D eigenvalue weighted by Gasteiger charge is 2.16. The zero-order valence-electron chi connectivity index (χ0n) is 14.9. The van der Waals surface area contributed by atoms with E-state index in [2.05, 4.69) is 10.5 Å². The van der Waals surface area contributed by atoms with Gasteiger partial charge in [0.1, 0.15) is 13.2 Å². The molecule has 1 aliphatic rings. The minimum absolute atomic E-state index is 0.123. The van der Waals surface area contributed by atoms with E-state index in [1.165, 1.54) is 11.8 Å². The highest BCUT2D eigenvalue weighted by molar-refractivity contribution is 8.00. The first kappa shape index (κ1) is 18.3. The number of rotatable bonds is 6. The fourth-order valence-corrected chi connectivity index (χ4v) is 3.42. The molecule has 2 aromatic carbocycles. The second kappa shape index (κ2) is 8.76. The summed E-state index contributed by atoms with van der Waals surface area (Å²) in [5.41, 5.74) is 4.40. The zero-order chi connectivity index (χ0) is 18.4. The zero-order valence-corrected chi connectivity index (χ0v) is 15.7. The molecule has 0 radical (unpaired) electrons. The Hall–Kier alpha value is -2.47. The molecule has 5 nitrogen and oxygen atoms in total. The lowest BCUT2D eigenvalue weighted by atomic mass is 10.1. The molecule has 136 valence electrons. The molecule has 0 saturated carbocycles. The molecular formula is C20H22N2O3S. The quantitative estimate of drug-likeness (QED) is 0.476. The second-order valence-corrected chi connectivity index (χ2v) is 7.23. The molecule has 0 bridgehead atoms. The third kappa shape index (κ3) is 4.58. The minimum atomic E-state index is -0.237. The molecule has 0 saturated heterocycles. The fourth-order valence-electron chi connectivity index (χ4n) is 2.54. The maximum Gasteiger partial charge on any atom is 0.253 e. The molecule has 6 heteroatoms. The average molecular weight is 370 g/mol. The highest BCUT2D eigenvalue weighted by atomic mass is 32.2. The molecule has 1 N–H and O–H groups in total. The third-order valence-corrected chi connectivity index (χ3v) is 5.05. The molecule has 1 heterocycles. The van der Waals surface area contributed by atoms with Crippen LogP contribution in [0.3, 0.4) is 0 Å². The van der Waals surface area contributed by atoms with E-state index in [4.69, 9.17) is 9.47 Å². The Bertz CT molecular complexity index is 793. The third-order valence-electron chi connectivity index (χ3n) is 3.94. The van der Waals surface area contributed by atoms with E-state index in [1.807, 2.05) is 62.4 Å². The van der Waals surface area contributed by atoms with E-state index < -0.39 is 0 Å². The summed E-state index contributed by atoms with van der Waals surface area (Å²) in [7, 11) is 0. The van der Waals surface area contributed by atoms with Crippen molar-refractivity contribution in [2.45, 2.75) is 30.4 Å². The molecule has 0 spiro atoms. The van der Waals surface area contributed by atoms with Gasteiger partial charge >= 0.3 is 0 Å². The van der Waals surface area contributed by atoms with Gasteiger partial charge in [0.15, 0.2) is 11.5 Å². The standard InChI is InChI=1S/C20H22N2O3S/c1-3-17(15-9-10-18-19(13-15)25-12-11-24-18)21-22-20(23)14(2)26-16-7-5-4-6-8-16/h4-10,13-14H,3,11-12H2,1-2H3,(H,22,23)/b21-17+. The van der Waals surface area contributed by atoms with E-state index in [0.717, 1.165) is 21.9 Å². The van der Waals surface area contributed by atoms with Gasteiger partial charge in [0.2, 0.25) is 0 Å². The molecule has 3 rings (SSSR count). The van der Waals surface area contributed by atoms with Gasteiger partial charge in [-0.3, -0.25) is 4.79 Å². The van der Waals surface area contributed by atoms with Gasteiger partial charge in [0.05, 0.1) is 11.0 Å². The van der Waals surface area contributed by atoms with Gasteiger partial charge in [0.25, 0.3) is 5.91 Å². The molecule has 1 atom stereocenters. The number of ether oxygens (including phenoxy) is 2. The fraction of sp³-hybridized carbons (Fsp3) is 0.300. The second-order valence-electron chi connectivity index (χ2n) is 5.82. The van der Waals surface area contributed by atoms with Crippen molar-refractivity contribution in [2.24, 2.45) is 5.10 Å². The van der Waals surface area contributed by atoms with Gasteiger partial charge in [-0.05, 0) is 43.7 Å². The van der Waals surface area contributed by atoms with Crippen LogP contribution in [0.2, 0.25) is 0 Å². The normalized spacial score (nSPS) is 14.6. The molecule has 2 aromatic rings. The summed E-state index contributed by atoms with van der Waals surface area (Å²) in [4.78, 5) is 13.4. The molecule has 26 heavy (non-hydrogen) atoms. The van der Waals surface area contributed by atoms with E-state index in [1.54, 1.807) is 0 Å². The first-order chi connectivity index (χ1) is 12.7. The van der Waals surface area contributed by atoms with Crippen LogP contribution in [0.5, 0.6) is 11.5 Å². The summed E-state index contributed by atoms with van der Waals surface area (Å²) in [5, 5.41) is 4.09. The summed E-state index contributed by atoms with van der Waals surface area (Å²) < 4.78 is 11.2. The maximum atomic E-state index is 12.3. The maximum absolute atomic E-state index is 12.3. The highest BCUT2D eigenvalue weighted by Crippen LogP contribution is 2.31. The Morgan fingerprint density at radius 1 is 1.15 bits per heavy atom. The van der Waals surface area contributed by atoms with Crippen LogP contribution in [-0.4, -0.2) is 30.1 Å². The van der Waals surface area contributed by atoms with E-state index >= 15 is 0 Å². The monoisotopic (exact) mass is 370 g/mol. The first-order valence-electron chi connectivity index (χ1n) is 8.65. The molecule has 1 unspecified atom stereocenters. The van der Waals surface area contributed by atoms with Crippen molar-refractivity contribution in [3.8, 4) is 11.5 Å². The predicted molar refractivity (Wildman–Crippen MR) is 104 cm³/mol. The van der Waals surface area contributed by atoms with Crippen molar-refractivity contribution in [3.05, 3.63) is 54.1 Å². The Labute approximate surface area is 157 Å². The molecule has 0 aliphatic carbocycles. The number of hydrogen-bond acceptors (Lipinski definition) is 5. The van der Waals surface area contributed by atoms with Crippen LogP contribution in [-0.2, 0) is 4.79 Å². The Morgan fingerprint density at radius 2 is 1.88 bits per heavy atom. The number of nitrogens with one attached hydrogen (secondary N) is 1. The van der Waals surface area contributed by atoms with Crippen molar-refractivity contribution in [1.29, 1.82) is 0 Å². The number of hydrazone groups is 1. The first-order valence-corrected chi connectivity index (χ1v) is 9.53. The number of carbonyl (C=O) groups is 1. The van der Waals surface area contributed by atoms with Crippen LogP contribution < -0.4 is 14.9 Å². The summed E-state index contributed by atoms with van der Waals surface area (Å²) in [6.07, 6.45) is 0.695. The van der Waals surface area contributed by atoms with Crippen LogP contribution in [0.15, 0.2) is 58.5 Å². The molecular weight excluding hydrogens is 348 g/mol. The molecule has 1 amide bonds. The Morgan fingerprint density at radius 3 is 2.62 bits per heavy atom. The number of fused-ring (bicyclic) bond motifs is 1. The SMILES string of the molecule is CC/C(=N\NC(=O)C(C)Sc1ccccc1)c1ccc2c(c1)OCCO2. The lowest BCUT2D eigenvalue weighted by Crippen LogP contribution is -2.28. The van der Waals surface area contributed by atoms with Gasteiger partial charge in [-0.15, -0.1) is 11.8 Å². The van der Waals surface area contributed by atoms with Crippen molar-refractivity contribution >= 4 is 23.4 Å². The van der Waals surface area contributed by atoms with Crippen LogP contribution in [0.4, 0.5) is 0 Å². The minimum Gasteiger partial charge on any atom is -0.486 e. The van der Waals surface area contributed by atoms with Gasteiger partial charge in [0, 0.05) is 10.5 Å². The smallest absolute Gasteiger partial charge is 0.253 e. The number of hydrogen-bond donors (Lipinski definition) is 1. The topological polar surface area (TPSA) is 59.9 Å². The van der Waals surface area contributed by atoms with Crippen molar-refractivity contribution < 1.29 is 14.3 Å². The predicted octanol–water partition coefficient (Wildman–Crippen LogP) is 3.87. The molecule has 1 aliphatic heterocycles. The Balaban J connectivity index is 1.66. The number of thioether (sulfide) groups is 1. The van der Waals surface area contributed by atoms with Crippen molar-refractivity contribution in [3.63, 3.8) is 0 Å². The van der Waals surface area contributed by atoms with Crippen LogP contribution in [0, 0.1) is 0 Å². The Kier molecular flexibility index (Phi) is 6.17. The molecule has 0 aromatic heterocycles. The van der Waals surface area contributed by atoms with Crippen LogP contribution >= 0.6 is 11.8 Å². The summed E-state index contributed by atoms with van der Waals surface area (Å²) in [6, 6.07) is 15.6. The summed E-state index contributed by atoms with van der Waals surface area (Å²) >= 11 is 1.51. The van der Waals surface area contributed by atoms with Gasteiger partial charge in [-0.2, -0.15) is 5.10 Å². The number of carbonyl (C=O) groups excluding carboxylic acids is 1. The largest absolute Gasteiger partial charge is 0.486 e. The number of amides is 1. The van der Waals surface area contributed by atoms with E-state index in [9.17, 15) is 4.79 Å². The van der Waals surface area contributed by atoms with Gasteiger partial charge in [-0.1, -0.05) is 25.1 Å². The average Bonchev–Trinajstić information content (AvgIpc) is 2.69. The van der Waals surface area contributed by atoms with Gasteiger partial charge < -0.3 is 9.47 Å². The number of nitrogens with zero attached hydrogens (tertiary/aromatic N) is 1. The lowest BCUT2D eigenvalue weighted by molar-refractivity contribution is -0.120. The molecule has 0 fully saturated rings.